The minimum atomic E-state index is -1.51. The fraction of sp³-hybridized carbons (Fsp3) is 0.0638. The molecule has 0 bridgehead atoms. The normalized spacial score (nSPS) is 12.2. The summed E-state index contributed by atoms with van der Waals surface area (Å²) in [6.45, 7) is 7.13. The van der Waals surface area contributed by atoms with Crippen molar-refractivity contribution in [3.05, 3.63) is 182 Å². The molecule has 0 N–H and O–H groups in total. The van der Waals surface area contributed by atoms with Crippen LogP contribution in [0.25, 0.3) is 44.5 Å². The minimum absolute atomic E-state index is 0. The van der Waals surface area contributed by atoms with E-state index in [1.54, 1.807) is 12.4 Å². The maximum atomic E-state index is 7.25. The Labute approximate surface area is 347 Å². The second kappa shape index (κ2) is 17.5. The van der Waals surface area contributed by atoms with E-state index in [0.717, 1.165) is 22.3 Å². The molecule has 6 heteroatoms. The number of nitrogens with zero attached hydrogens (tertiary/aromatic N) is 2. The third-order valence-corrected chi connectivity index (χ3v) is 15.8. The van der Waals surface area contributed by atoms with Crippen LogP contribution >= 0.6 is 0 Å². The Morgan fingerprint density at radius 3 is 1.53 bits per heavy atom. The van der Waals surface area contributed by atoms with Gasteiger partial charge in [-0.05, 0) is 61.1 Å². The third-order valence-electron chi connectivity index (χ3n) is 9.79. The molecule has 7 aromatic rings. The summed E-state index contributed by atoms with van der Waals surface area (Å²) < 4.78 is 0. The first kappa shape index (κ1) is 39.6. The number of hydrogen-bond acceptors (Lipinski definition) is 2. The van der Waals surface area contributed by atoms with Crippen molar-refractivity contribution in [3.63, 3.8) is 0 Å². The van der Waals surface area contributed by atoms with Crippen LogP contribution in [0.1, 0.15) is 11.1 Å². The molecular formula is C47H35Au2N2Si2. The monoisotopic (exact) mass is 1080 g/mol. The molecule has 0 unspecified atom stereocenters. The predicted molar refractivity (Wildman–Crippen MR) is 217 cm³/mol. The number of hydrogen-bond donors (Lipinski definition) is 0. The zero-order valence-corrected chi connectivity index (χ0v) is 35.8. The van der Waals surface area contributed by atoms with Gasteiger partial charge in [0.25, 0.3) is 0 Å². The molecule has 0 atom stereocenters. The average Bonchev–Trinajstić information content (AvgIpc) is 3.61. The number of benzene rings is 5. The molecule has 2 aromatic heterocycles. The average molecular weight is 1080 g/mol. The first-order valence-electron chi connectivity index (χ1n) is 17.0. The van der Waals surface area contributed by atoms with E-state index in [1.165, 1.54) is 54.1 Å². The first-order valence-corrected chi connectivity index (χ1v) is 22.0. The van der Waals surface area contributed by atoms with Crippen LogP contribution in [0.4, 0.5) is 0 Å². The Morgan fingerprint density at radius 1 is 0.491 bits per heavy atom. The van der Waals surface area contributed by atoms with Gasteiger partial charge in [-0.25, -0.2) is 0 Å². The maximum absolute atomic E-state index is 7.25. The molecule has 0 fully saturated rings. The van der Waals surface area contributed by atoms with Crippen LogP contribution in [0, 0.1) is 24.7 Å². The predicted octanol–water partition coefficient (Wildman–Crippen LogP) is 8.08. The van der Waals surface area contributed by atoms with Gasteiger partial charge in [0, 0.05) is 35.9 Å². The molecule has 263 valence electrons. The Kier molecular flexibility index (Phi) is 13.1. The molecular weight excluding hydrogens is 1040 g/mol. The molecule has 2 aliphatic rings. The summed E-state index contributed by atoms with van der Waals surface area (Å²) in [5.41, 5.74) is 11.7. The van der Waals surface area contributed by atoms with Gasteiger partial charge in [0.05, 0.1) is 0 Å². The van der Waals surface area contributed by atoms with Crippen molar-refractivity contribution in [2.24, 2.45) is 0 Å². The van der Waals surface area contributed by atoms with E-state index in [-0.39, 0.29) is 44.8 Å². The van der Waals surface area contributed by atoms with Gasteiger partial charge in [0.15, 0.2) is 0 Å². The molecule has 2 nitrogen and oxygen atoms in total. The van der Waals surface area contributed by atoms with E-state index in [4.69, 9.17) is 12.8 Å². The number of fused-ring (bicyclic) bond motifs is 6. The molecule has 0 aliphatic carbocycles. The van der Waals surface area contributed by atoms with E-state index in [0.29, 0.717) is 0 Å². The van der Waals surface area contributed by atoms with Gasteiger partial charge < -0.3 is 12.8 Å². The van der Waals surface area contributed by atoms with Crippen LogP contribution in [0.2, 0.25) is 19.6 Å². The Balaban J connectivity index is 0.000000151. The Hall–Kier alpha value is -4.57. The topological polar surface area (TPSA) is 25.8 Å². The van der Waals surface area contributed by atoms with Crippen LogP contribution in [0.3, 0.4) is 0 Å². The first-order chi connectivity index (χ1) is 24.9. The molecule has 0 saturated heterocycles. The van der Waals surface area contributed by atoms with Gasteiger partial charge in [-0.15, -0.1) is 35.4 Å². The number of pyridine rings is 2. The molecule has 4 heterocycles. The second-order valence-corrected chi connectivity index (χ2v) is 19.8. The van der Waals surface area contributed by atoms with Crippen LogP contribution in [-0.4, -0.2) is 26.8 Å². The van der Waals surface area contributed by atoms with Crippen molar-refractivity contribution >= 4 is 37.6 Å². The summed E-state index contributed by atoms with van der Waals surface area (Å²) in [6.07, 6.45) is 21.8. The van der Waals surface area contributed by atoms with Crippen molar-refractivity contribution in [1.29, 1.82) is 0 Å². The summed E-state index contributed by atoms with van der Waals surface area (Å²) in [6, 6.07) is 46.2. The van der Waals surface area contributed by atoms with Gasteiger partial charge >= 0.3 is 44.8 Å². The van der Waals surface area contributed by atoms with Gasteiger partial charge in [-0.2, -0.15) is 0 Å². The Morgan fingerprint density at radius 2 is 0.962 bits per heavy atom. The van der Waals surface area contributed by atoms with E-state index >= 15 is 0 Å². The largest absolute Gasteiger partial charge is 1.00 e. The smallest absolute Gasteiger partial charge is 0.366 e. The van der Waals surface area contributed by atoms with Crippen molar-refractivity contribution in [2.75, 3.05) is 0 Å². The summed E-state index contributed by atoms with van der Waals surface area (Å²) in [4.78, 5) is 8.36. The summed E-state index contributed by atoms with van der Waals surface area (Å²) in [5, 5.41) is 5.95. The standard InChI is InChI=1S/C16H12N2.C16H13Si.C15H10Si.2Au/c1-2-8-16(14-6-4-10-18-12-14)15(7-1)13-5-3-9-17-11-13;1-4-12-9-10-16-14(11-12)13-7-5-6-8-15(13)17(16,2)3;1-3-11-8-9-15-13(10-11)12-6-4-5-7-14(12)16(15)2;;/h1-12H;5-11H,2-3H3;4-10H,2H3;;/q;2*-1;2*+1. The molecule has 5 aromatic carbocycles. The number of rotatable bonds is 2. The van der Waals surface area contributed by atoms with E-state index in [1.807, 2.05) is 48.8 Å². The zero-order chi connectivity index (χ0) is 35.4. The van der Waals surface area contributed by atoms with Gasteiger partial charge in [0.1, 0.15) is 16.9 Å². The Bertz CT molecular complexity index is 2390. The van der Waals surface area contributed by atoms with E-state index in [2.05, 4.69) is 139 Å². The molecule has 2 aliphatic heterocycles. The van der Waals surface area contributed by atoms with Crippen molar-refractivity contribution in [2.45, 2.75) is 19.6 Å². The molecule has 0 spiro atoms. The van der Waals surface area contributed by atoms with Crippen LogP contribution in [0.15, 0.2) is 158 Å². The summed E-state index contributed by atoms with van der Waals surface area (Å²) in [5.74, 6) is 4.94. The molecule has 0 saturated carbocycles. The van der Waals surface area contributed by atoms with Crippen LogP contribution < -0.4 is 20.7 Å². The SMILES string of the molecule is [Au+].[Au+].[C-]#Cc1ccc2c(c1)-c1ccccc1[Si]2(C)C.[C-]#Cc1ccc2c(c1)-c1ccccc1[Si]2C.c1cncc(-c2ccccc2-c2cccnc2)c1. The van der Waals surface area contributed by atoms with Crippen LogP contribution in [-0.2, 0) is 44.8 Å². The summed E-state index contributed by atoms with van der Waals surface area (Å²) in [7, 11) is -2.09. The van der Waals surface area contributed by atoms with E-state index < -0.39 is 16.9 Å². The van der Waals surface area contributed by atoms with E-state index in [9.17, 15) is 0 Å². The molecule has 53 heavy (non-hydrogen) atoms. The molecule has 0 amide bonds. The molecule has 9 rings (SSSR count). The zero-order valence-electron chi connectivity index (χ0n) is 29.5. The summed E-state index contributed by atoms with van der Waals surface area (Å²) >= 11 is 0. The fourth-order valence-corrected chi connectivity index (χ4v) is 12.5. The second-order valence-electron chi connectivity index (χ2n) is 13.1. The van der Waals surface area contributed by atoms with Crippen molar-refractivity contribution < 1.29 is 44.8 Å². The van der Waals surface area contributed by atoms with Gasteiger partial charge in [0.2, 0.25) is 0 Å². The van der Waals surface area contributed by atoms with Crippen molar-refractivity contribution in [3.8, 4) is 56.3 Å². The minimum Gasteiger partial charge on any atom is -0.366 e. The molecule has 1 radical (unpaired) electrons. The van der Waals surface area contributed by atoms with Gasteiger partial charge in [-0.3, -0.25) is 21.8 Å². The maximum Gasteiger partial charge on any atom is 1.00 e. The number of aromatic nitrogens is 2. The van der Waals surface area contributed by atoms with Gasteiger partial charge in [-0.1, -0.05) is 122 Å². The fourth-order valence-electron chi connectivity index (χ4n) is 7.19. The van der Waals surface area contributed by atoms with Crippen molar-refractivity contribution in [1.82, 2.24) is 9.97 Å². The third kappa shape index (κ3) is 8.03. The van der Waals surface area contributed by atoms with Crippen LogP contribution in [0.5, 0.6) is 0 Å². The quantitative estimate of drug-likeness (QED) is 0.0996.